The number of hydrogen-bond donors (Lipinski definition) is 2. The lowest BCUT2D eigenvalue weighted by molar-refractivity contribution is 0.0914. The molecule has 0 aliphatic carbocycles. The van der Waals surface area contributed by atoms with Crippen LogP contribution in [0.15, 0.2) is 64.0 Å². The molecule has 8 heteroatoms. The fourth-order valence-corrected chi connectivity index (χ4v) is 3.25. The van der Waals surface area contributed by atoms with E-state index in [4.69, 9.17) is 4.52 Å². The SMILES string of the molecule is CNS(=O)(=O)c1cccc(CNC(=O)c2cc(-c3ccc(C)cc3)no2)c1. The number of amides is 1. The highest BCUT2D eigenvalue weighted by Crippen LogP contribution is 2.19. The van der Waals surface area contributed by atoms with Crippen LogP contribution in [0, 0.1) is 6.92 Å². The van der Waals surface area contributed by atoms with Crippen molar-refractivity contribution in [2.24, 2.45) is 0 Å². The molecule has 3 rings (SSSR count). The van der Waals surface area contributed by atoms with Gasteiger partial charge in [0.1, 0.15) is 5.69 Å². The molecule has 0 unspecified atom stereocenters. The zero-order valence-electron chi connectivity index (χ0n) is 14.9. The van der Waals surface area contributed by atoms with Gasteiger partial charge >= 0.3 is 0 Å². The van der Waals surface area contributed by atoms with Gasteiger partial charge in [0.25, 0.3) is 5.91 Å². The van der Waals surface area contributed by atoms with Crippen LogP contribution in [-0.2, 0) is 16.6 Å². The third-order valence-corrected chi connectivity index (χ3v) is 5.42. The van der Waals surface area contributed by atoms with Crippen molar-refractivity contribution in [3.63, 3.8) is 0 Å². The number of benzene rings is 2. The molecule has 0 saturated heterocycles. The molecule has 0 spiro atoms. The smallest absolute Gasteiger partial charge is 0.290 e. The van der Waals surface area contributed by atoms with Gasteiger partial charge < -0.3 is 9.84 Å². The highest BCUT2D eigenvalue weighted by atomic mass is 32.2. The summed E-state index contributed by atoms with van der Waals surface area (Å²) in [6, 6.07) is 15.6. The lowest BCUT2D eigenvalue weighted by atomic mass is 10.1. The number of sulfonamides is 1. The number of nitrogens with one attached hydrogen (secondary N) is 2. The van der Waals surface area contributed by atoms with Gasteiger partial charge in [-0.2, -0.15) is 0 Å². The van der Waals surface area contributed by atoms with Crippen LogP contribution >= 0.6 is 0 Å². The van der Waals surface area contributed by atoms with E-state index in [0.29, 0.717) is 11.3 Å². The molecule has 1 heterocycles. The van der Waals surface area contributed by atoms with Crippen LogP contribution in [0.5, 0.6) is 0 Å². The summed E-state index contributed by atoms with van der Waals surface area (Å²) >= 11 is 0. The average molecular weight is 385 g/mol. The van der Waals surface area contributed by atoms with Crippen LogP contribution in [-0.4, -0.2) is 26.5 Å². The van der Waals surface area contributed by atoms with Crippen molar-refractivity contribution in [2.75, 3.05) is 7.05 Å². The maximum atomic E-state index is 12.3. The summed E-state index contributed by atoms with van der Waals surface area (Å²) in [5.74, 6) is -0.340. The minimum absolute atomic E-state index is 0.0876. The second-order valence-electron chi connectivity index (χ2n) is 5.98. The third kappa shape index (κ3) is 4.42. The van der Waals surface area contributed by atoms with E-state index < -0.39 is 15.9 Å². The second kappa shape index (κ2) is 7.73. The molecule has 0 atom stereocenters. The first-order valence-electron chi connectivity index (χ1n) is 8.23. The summed E-state index contributed by atoms with van der Waals surface area (Å²) < 4.78 is 31.1. The van der Waals surface area contributed by atoms with Crippen LogP contribution in [0.1, 0.15) is 21.7 Å². The van der Waals surface area contributed by atoms with Gasteiger partial charge in [0.15, 0.2) is 0 Å². The van der Waals surface area contributed by atoms with Gasteiger partial charge in [-0.15, -0.1) is 0 Å². The van der Waals surface area contributed by atoms with E-state index in [1.807, 2.05) is 31.2 Å². The molecule has 0 aliphatic heterocycles. The highest BCUT2D eigenvalue weighted by Gasteiger charge is 2.15. The molecule has 0 saturated carbocycles. The Morgan fingerprint density at radius 1 is 1.11 bits per heavy atom. The average Bonchev–Trinajstić information content (AvgIpc) is 3.17. The van der Waals surface area contributed by atoms with E-state index in [1.165, 1.54) is 19.2 Å². The van der Waals surface area contributed by atoms with Crippen LogP contribution in [0.2, 0.25) is 0 Å². The second-order valence-corrected chi connectivity index (χ2v) is 7.87. The van der Waals surface area contributed by atoms with Crippen LogP contribution in [0.4, 0.5) is 0 Å². The Labute approximate surface area is 157 Å². The van der Waals surface area contributed by atoms with E-state index in [2.05, 4.69) is 15.2 Å². The molecule has 7 nitrogen and oxygen atoms in total. The van der Waals surface area contributed by atoms with E-state index in [0.717, 1.165) is 11.1 Å². The molecule has 2 N–H and O–H groups in total. The van der Waals surface area contributed by atoms with Crippen LogP contribution in [0.3, 0.4) is 0 Å². The fraction of sp³-hybridized carbons (Fsp3) is 0.158. The zero-order valence-corrected chi connectivity index (χ0v) is 15.7. The van der Waals surface area contributed by atoms with Gasteiger partial charge in [-0.25, -0.2) is 13.1 Å². The molecule has 140 valence electrons. The maximum absolute atomic E-state index is 12.3. The number of aromatic nitrogens is 1. The molecular formula is C19H19N3O4S. The number of rotatable bonds is 6. The lowest BCUT2D eigenvalue weighted by Crippen LogP contribution is -2.23. The summed E-state index contributed by atoms with van der Waals surface area (Å²) in [5, 5.41) is 6.62. The normalized spacial score (nSPS) is 11.3. The quantitative estimate of drug-likeness (QED) is 0.679. The summed E-state index contributed by atoms with van der Waals surface area (Å²) in [7, 11) is -2.19. The van der Waals surface area contributed by atoms with E-state index >= 15 is 0 Å². The Morgan fingerprint density at radius 2 is 1.85 bits per heavy atom. The molecule has 1 amide bonds. The van der Waals surface area contributed by atoms with E-state index in [-0.39, 0.29) is 17.2 Å². The summed E-state index contributed by atoms with van der Waals surface area (Å²) in [6.07, 6.45) is 0. The van der Waals surface area contributed by atoms with Gasteiger partial charge in [-0.1, -0.05) is 47.1 Å². The molecule has 0 radical (unpaired) electrons. The predicted octanol–water partition coefficient (Wildman–Crippen LogP) is 2.49. The Balaban J connectivity index is 1.68. The van der Waals surface area contributed by atoms with Gasteiger partial charge in [0, 0.05) is 18.2 Å². The minimum atomic E-state index is -3.53. The van der Waals surface area contributed by atoms with Gasteiger partial charge in [0.2, 0.25) is 15.8 Å². The molecule has 1 aromatic heterocycles. The Morgan fingerprint density at radius 3 is 2.56 bits per heavy atom. The number of hydrogen-bond acceptors (Lipinski definition) is 5. The molecular weight excluding hydrogens is 366 g/mol. The topological polar surface area (TPSA) is 101 Å². The van der Waals surface area contributed by atoms with Crippen molar-refractivity contribution in [2.45, 2.75) is 18.4 Å². The van der Waals surface area contributed by atoms with Crippen LogP contribution < -0.4 is 10.0 Å². The molecule has 3 aromatic rings. The van der Waals surface area contributed by atoms with E-state index in [1.54, 1.807) is 18.2 Å². The first-order valence-corrected chi connectivity index (χ1v) is 9.72. The molecule has 0 aliphatic rings. The lowest BCUT2D eigenvalue weighted by Gasteiger charge is -2.06. The molecule has 0 fully saturated rings. The van der Waals surface area contributed by atoms with Gasteiger partial charge in [-0.3, -0.25) is 4.79 Å². The standard InChI is InChI=1S/C19H19N3O4S/c1-13-6-8-15(9-7-13)17-11-18(26-22-17)19(23)21-12-14-4-3-5-16(10-14)27(24,25)20-2/h3-11,20H,12H2,1-2H3,(H,21,23). The Kier molecular flexibility index (Phi) is 5.38. The van der Waals surface area contributed by atoms with Crippen molar-refractivity contribution in [1.82, 2.24) is 15.2 Å². The summed E-state index contributed by atoms with van der Waals surface area (Å²) in [4.78, 5) is 12.4. The minimum Gasteiger partial charge on any atom is -0.350 e. The fourth-order valence-electron chi connectivity index (χ4n) is 2.45. The number of carbonyl (C=O) groups is 1. The Bertz CT molecular complexity index is 1060. The molecule has 0 bridgehead atoms. The zero-order chi connectivity index (χ0) is 19.4. The molecule has 2 aromatic carbocycles. The number of aryl methyl sites for hydroxylation is 1. The van der Waals surface area contributed by atoms with Crippen molar-refractivity contribution in [1.29, 1.82) is 0 Å². The van der Waals surface area contributed by atoms with E-state index in [9.17, 15) is 13.2 Å². The number of nitrogens with zero attached hydrogens (tertiary/aromatic N) is 1. The summed E-state index contributed by atoms with van der Waals surface area (Å²) in [5.41, 5.74) is 3.20. The maximum Gasteiger partial charge on any atom is 0.290 e. The first-order chi connectivity index (χ1) is 12.9. The number of carbonyl (C=O) groups excluding carboxylic acids is 1. The van der Waals surface area contributed by atoms with Crippen molar-refractivity contribution < 1.29 is 17.7 Å². The largest absolute Gasteiger partial charge is 0.350 e. The predicted molar refractivity (Wildman–Crippen MR) is 101 cm³/mol. The van der Waals surface area contributed by atoms with Crippen molar-refractivity contribution >= 4 is 15.9 Å². The first kappa shape index (κ1) is 18.8. The Hall–Kier alpha value is -2.97. The van der Waals surface area contributed by atoms with Crippen molar-refractivity contribution in [3.05, 3.63) is 71.5 Å². The van der Waals surface area contributed by atoms with Gasteiger partial charge in [-0.05, 0) is 31.7 Å². The monoisotopic (exact) mass is 385 g/mol. The van der Waals surface area contributed by atoms with Crippen molar-refractivity contribution in [3.8, 4) is 11.3 Å². The summed E-state index contributed by atoms with van der Waals surface area (Å²) in [6.45, 7) is 2.15. The highest BCUT2D eigenvalue weighted by molar-refractivity contribution is 7.89. The van der Waals surface area contributed by atoms with Crippen LogP contribution in [0.25, 0.3) is 11.3 Å². The van der Waals surface area contributed by atoms with Gasteiger partial charge in [0.05, 0.1) is 4.90 Å². The molecule has 27 heavy (non-hydrogen) atoms. The third-order valence-electron chi connectivity index (χ3n) is 4.01.